The number of aromatic nitrogens is 5. The summed E-state index contributed by atoms with van der Waals surface area (Å²) < 4.78 is 6.45. The van der Waals surface area contributed by atoms with Gasteiger partial charge in [-0.25, -0.2) is 4.98 Å². The number of rotatable bonds is 5. The van der Waals surface area contributed by atoms with Crippen LogP contribution >= 0.6 is 0 Å². The van der Waals surface area contributed by atoms with Crippen molar-refractivity contribution in [3.8, 4) is 0 Å². The van der Waals surface area contributed by atoms with Gasteiger partial charge in [0.2, 0.25) is 5.91 Å². The number of nitrogens with one attached hydrogen (secondary N) is 2. The zero-order valence-electron chi connectivity index (χ0n) is 13.1. The summed E-state index contributed by atoms with van der Waals surface area (Å²) in [5.74, 6) is 1.79. The summed E-state index contributed by atoms with van der Waals surface area (Å²) in [4.78, 5) is 32.2. The van der Waals surface area contributed by atoms with E-state index in [2.05, 4.69) is 25.5 Å². The quantitative estimate of drug-likeness (QED) is 0.702. The molecule has 4 rings (SSSR count). The number of carbonyl (C=O) groups is 1. The van der Waals surface area contributed by atoms with Gasteiger partial charge in [-0.3, -0.25) is 14.7 Å². The summed E-state index contributed by atoms with van der Waals surface area (Å²) in [5, 5.41) is 9.49. The number of H-pyrrole nitrogens is 1. The second-order valence-electron chi connectivity index (χ2n) is 5.99. The van der Waals surface area contributed by atoms with Crippen LogP contribution in [0.5, 0.6) is 0 Å². The first-order valence-corrected chi connectivity index (χ1v) is 7.76. The van der Waals surface area contributed by atoms with Crippen LogP contribution in [0.3, 0.4) is 0 Å². The Labute approximate surface area is 136 Å². The number of aromatic amines is 1. The van der Waals surface area contributed by atoms with Crippen LogP contribution in [0.15, 0.2) is 21.5 Å². The highest BCUT2D eigenvalue weighted by molar-refractivity contribution is 5.77. The van der Waals surface area contributed by atoms with Gasteiger partial charge in [-0.2, -0.15) is 9.50 Å². The standard InChI is InChI=1S/C15H16N6O3/c1-8-4-14(23)21-15(17-8)18-12(19-21)6-13(22)16-7-10-5-11(24-20-10)9-2-3-9/h4-5,9H,2-3,6-7H2,1H3,(H,16,22)(H,17,18,19). The molecule has 0 aliphatic heterocycles. The van der Waals surface area contributed by atoms with Gasteiger partial charge in [0, 0.05) is 23.7 Å². The molecule has 1 fully saturated rings. The van der Waals surface area contributed by atoms with Gasteiger partial charge < -0.3 is 9.84 Å². The first kappa shape index (κ1) is 14.6. The van der Waals surface area contributed by atoms with Crippen molar-refractivity contribution >= 4 is 11.7 Å². The van der Waals surface area contributed by atoms with Gasteiger partial charge in [-0.15, -0.1) is 0 Å². The van der Waals surface area contributed by atoms with Crippen molar-refractivity contribution in [2.45, 2.75) is 38.6 Å². The second-order valence-corrected chi connectivity index (χ2v) is 5.99. The van der Waals surface area contributed by atoms with Crippen molar-refractivity contribution in [3.63, 3.8) is 0 Å². The van der Waals surface area contributed by atoms with Crippen LogP contribution in [0.25, 0.3) is 5.78 Å². The summed E-state index contributed by atoms with van der Waals surface area (Å²) in [5.41, 5.74) is 1.02. The van der Waals surface area contributed by atoms with Crippen molar-refractivity contribution in [1.82, 2.24) is 30.1 Å². The Morgan fingerprint density at radius 2 is 2.25 bits per heavy atom. The molecule has 3 heterocycles. The van der Waals surface area contributed by atoms with E-state index in [4.69, 9.17) is 4.52 Å². The molecular weight excluding hydrogens is 312 g/mol. The molecule has 0 radical (unpaired) electrons. The maximum Gasteiger partial charge on any atom is 0.274 e. The molecule has 3 aromatic heterocycles. The molecule has 9 heteroatoms. The predicted octanol–water partition coefficient (Wildman–Crippen LogP) is 0.450. The van der Waals surface area contributed by atoms with E-state index < -0.39 is 0 Å². The highest BCUT2D eigenvalue weighted by atomic mass is 16.5. The Kier molecular flexibility index (Phi) is 3.40. The third kappa shape index (κ3) is 2.92. The number of nitrogens with zero attached hydrogens (tertiary/aromatic N) is 4. The largest absolute Gasteiger partial charge is 0.361 e. The molecular formula is C15H16N6O3. The molecule has 0 atom stereocenters. The number of carbonyl (C=O) groups excluding carboxylic acids is 1. The third-order valence-corrected chi connectivity index (χ3v) is 3.86. The van der Waals surface area contributed by atoms with Crippen LogP contribution in [-0.4, -0.2) is 30.6 Å². The molecule has 2 N–H and O–H groups in total. The lowest BCUT2D eigenvalue weighted by molar-refractivity contribution is -0.120. The molecule has 0 aromatic carbocycles. The van der Waals surface area contributed by atoms with E-state index in [0.29, 0.717) is 29.7 Å². The minimum atomic E-state index is -0.258. The monoisotopic (exact) mass is 328 g/mol. The summed E-state index contributed by atoms with van der Waals surface area (Å²) in [6.45, 7) is 2.02. The molecule has 0 saturated heterocycles. The van der Waals surface area contributed by atoms with Gasteiger partial charge in [-0.1, -0.05) is 5.16 Å². The van der Waals surface area contributed by atoms with Crippen LogP contribution in [-0.2, 0) is 17.8 Å². The Balaban J connectivity index is 1.40. The van der Waals surface area contributed by atoms with Gasteiger partial charge in [0.05, 0.1) is 13.0 Å². The molecule has 1 aliphatic carbocycles. The van der Waals surface area contributed by atoms with Gasteiger partial charge in [0.15, 0.2) is 0 Å². The van der Waals surface area contributed by atoms with E-state index in [9.17, 15) is 9.59 Å². The summed E-state index contributed by atoms with van der Waals surface area (Å²) in [6, 6.07) is 3.28. The molecule has 1 amide bonds. The van der Waals surface area contributed by atoms with Crippen LogP contribution < -0.4 is 10.9 Å². The fourth-order valence-corrected chi connectivity index (χ4v) is 2.49. The Bertz CT molecular complexity index is 965. The van der Waals surface area contributed by atoms with Crippen LogP contribution in [0.4, 0.5) is 0 Å². The molecule has 24 heavy (non-hydrogen) atoms. The van der Waals surface area contributed by atoms with Gasteiger partial charge >= 0.3 is 0 Å². The zero-order chi connectivity index (χ0) is 16.7. The zero-order valence-corrected chi connectivity index (χ0v) is 13.1. The predicted molar refractivity (Wildman–Crippen MR) is 82.4 cm³/mol. The smallest absolute Gasteiger partial charge is 0.274 e. The van der Waals surface area contributed by atoms with Crippen molar-refractivity contribution in [3.05, 3.63) is 45.5 Å². The van der Waals surface area contributed by atoms with Crippen LogP contribution in [0, 0.1) is 6.92 Å². The van der Waals surface area contributed by atoms with E-state index in [1.165, 1.54) is 10.6 Å². The van der Waals surface area contributed by atoms with Crippen molar-refractivity contribution < 1.29 is 9.32 Å². The lowest BCUT2D eigenvalue weighted by atomic mass is 10.3. The molecule has 9 nitrogen and oxygen atoms in total. The van der Waals surface area contributed by atoms with E-state index >= 15 is 0 Å². The second kappa shape index (κ2) is 5.59. The maximum absolute atomic E-state index is 12.0. The summed E-state index contributed by atoms with van der Waals surface area (Å²) in [6.07, 6.45) is 2.30. The van der Waals surface area contributed by atoms with Gasteiger partial charge in [0.25, 0.3) is 11.3 Å². The van der Waals surface area contributed by atoms with Crippen LogP contribution in [0.1, 0.15) is 41.7 Å². The lowest BCUT2D eigenvalue weighted by Crippen LogP contribution is -2.25. The van der Waals surface area contributed by atoms with Crippen molar-refractivity contribution in [2.24, 2.45) is 0 Å². The van der Waals surface area contributed by atoms with E-state index in [-0.39, 0.29) is 23.7 Å². The molecule has 0 spiro atoms. The third-order valence-electron chi connectivity index (χ3n) is 3.86. The number of hydrogen-bond acceptors (Lipinski definition) is 6. The minimum absolute atomic E-state index is 0.0230. The SMILES string of the molecule is Cc1cc(=O)n2[nH]c(CC(=O)NCc3cc(C4CC4)on3)nc2n1. The van der Waals surface area contributed by atoms with E-state index in [0.717, 1.165) is 18.6 Å². The first-order valence-electron chi connectivity index (χ1n) is 7.76. The summed E-state index contributed by atoms with van der Waals surface area (Å²) >= 11 is 0. The maximum atomic E-state index is 12.0. The molecule has 124 valence electrons. The van der Waals surface area contributed by atoms with Gasteiger partial charge in [-0.05, 0) is 19.8 Å². The fraction of sp³-hybridized carbons (Fsp3) is 0.400. The number of hydrogen-bond donors (Lipinski definition) is 2. The Hall–Kier alpha value is -2.97. The average molecular weight is 328 g/mol. The Morgan fingerprint density at radius 3 is 3.04 bits per heavy atom. The Morgan fingerprint density at radius 1 is 1.42 bits per heavy atom. The molecule has 3 aromatic rings. The summed E-state index contributed by atoms with van der Waals surface area (Å²) in [7, 11) is 0. The molecule has 1 aliphatic rings. The first-order chi connectivity index (χ1) is 11.6. The molecule has 0 unspecified atom stereocenters. The lowest BCUT2D eigenvalue weighted by Gasteiger charge is -2.00. The van der Waals surface area contributed by atoms with E-state index in [1.54, 1.807) is 6.92 Å². The topological polar surface area (TPSA) is 118 Å². The minimum Gasteiger partial charge on any atom is -0.361 e. The average Bonchev–Trinajstić information content (AvgIpc) is 3.13. The highest BCUT2D eigenvalue weighted by Crippen LogP contribution is 2.40. The molecule has 0 bridgehead atoms. The van der Waals surface area contributed by atoms with Crippen molar-refractivity contribution in [2.75, 3.05) is 0 Å². The normalized spacial score (nSPS) is 14.2. The number of amides is 1. The highest BCUT2D eigenvalue weighted by Gasteiger charge is 2.27. The number of aryl methyl sites for hydroxylation is 1. The van der Waals surface area contributed by atoms with Crippen LogP contribution in [0.2, 0.25) is 0 Å². The number of fused-ring (bicyclic) bond motifs is 1. The van der Waals surface area contributed by atoms with E-state index in [1.807, 2.05) is 6.07 Å². The molecule has 1 saturated carbocycles. The fourth-order valence-electron chi connectivity index (χ4n) is 2.49. The van der Waals surface area contributed by atoms with Crippen molar-refractivity contribution in [1.29, 1.82) is 0 Å². The van der Waals surface area contributed by atoms with Gasteiger partial charge in [0.1, 0.15) is 17.3 Å².